The number of carbonyl (C=O) groups is 2. The molecule has 0 aromatic heterocycles. The van der Waals surface area contributed by atoms with E-state index in [1.807, 2.05) is 87.5 Å². The molecule has 5 aromatic carbocycles. The Morgan fingerprint density at radius 2 is 1.12 bits per heavy atom. The number of carbonyl (C=O) groups excluding carboxylic acids is 2. The molecule has 0 N–H and O–H groups in total. The molecule has 51 heavy (non-hydrogen) atoms. The maximum absolute atomic E-state index is 13.0. The summed E-state index contributed by atoms with van der Waals surface area (Å²) in [7, 11) is 0. The van der Waals surface area contributed by atoms with Crippen LogP contribution in [-0.4, -0.2) is 11.9 Å². The Kier molecular flexibility index (Phi) is 12.8. The summed E-state index contributed by atoms with van der Waals surface area (Å²) in [6.45, 7) is 10.1. The number of ether oxygens (including phenoxy) is 2. The summed E-state index contributed by atoms with van der Waals surface area (Å²) in [5.74, 6) is -0.406. The largest absolute Gasteiger partial charge is 0.424 e. The molecular formula is C45H42N2O4. The predicted molar refractivity (Wildman–Crippen MR) is 205 cm³/mol. The number of nitrogens with zero attached hydrogens (tertiary/aromatic N) is 2. The molecule has 0 heterocycles. The van der Waals surface area contributed by atoms with E-state index < -0.39 is 5.97 Å². The highest BCUT2D eigenvalue weighted by Gasteiger charge is 2.17. The van der Waals surface area contributed by atoms with Crippen molar-refractivity contribution in [1.29, 1.82) is 0 Å². The van der Waals surface area contributed by atoms with E-state index in [9.17, 15) is 9.59 Å². The van der Waals surface area contributed by atoms with Crippen molar-refractivity contribution >= 4 is 28.9 Å². The molecule has 0 radical (unpaired) electrons. The summed E-state index contributed by atoms with van der Waals surface area (Å²) < 4.78 is 11.5. The lowest BCUT2D eigenvalue weighted by molar-refractivity contribution is -0.135. The lowest BCUT2D eigenvalue weighted by atomic mass is 9.95. The molecule has 6 heteroatoms. The molecule has 0 saturated heterocycles. The van der Waals surface area contributed by atoms with Gasteiger partial charge in [0, 0.05) is 0 Å². The van der Waals surface area contributed by atoms with E-state index in [0.29, 0.717) is 17.1 Å². The molecule has 0 fully saturated rings. The van der Waals surface area contributed by atoms with Crippen LogP contribution in [0.25, 0.3) is 16.7 Å². The maximum Gasteiger partial charge on any atom is 0.311 e. The fourth-order valence-electron chi connectivity index (χ4n) is 5.42. The van der Waals surface area contributed by atoms with Crippen LogP contribution in [0.5, 0.6) is 11.5 Å². The van der Waals surface area contributed by atoms with Crippen molar-refractivity contribution in [2.75, 3.05) is 0 Å². The number of para-hydroxylation sites is 2. The third-order valence-electron chi connectivity index (χ3n) is 8.50. The average Bonchev–Trinajstić information content (AvgIpc) is 3.16. The Hall–Kier alpha value is -6.14. The molecule has 0 bridgehead atoms. The zero-order valence-corrected chi connectivity index (χ0v) is 29.2. The zero-order chi connectivity index (χ0) is 36.0. The minimum atomic E-state index is -0.410. The molecule has 6 nitrogen and oxygen atoms in total. The van der Waals surface area contributed by atoms with E-state index in [1.165, 1.54) is 0 Å². The Morgan fingerprint density at radius 3 is 1.69 bits per heavy atom. The van der Waals surface area contributed by atoms with Gasteiger partial charge in [0.25, 0.3) is 0 Å². The van der Waals surface area contributed by atoms with Gasteiger partial charge in [0.05, 0.1) is 12.8 Å². The van der Waals surface area contributed by atoms with Crippen LogP contribution in [0.2, 0.25) is 0 Å². The average molecular weight is 675 g/mol. The molecule has 256 valence electrons. The van der Waals surface area contributed by atoms with Crippen LogP contribution in [0.4, 0.5) is 11.4 Å². The van der Waals surface area contributed by atoms with Crippen LogP contribution in [-0.2, 0) is 9.59 Å². The molecule has 0 aliphatic rings. The molecule has 2 atom stereocenters. The summed E-state index contributed by atoms with van der Waals surface area (Å²) in [6.07, 6.45) is 6.32. The topological polar surface area (TPSA) is 77.3 Å². The minimum Gasteiger partial charge on any atom is -0.424 e. The summed E-state index contributed by atoms with van der Waals surface area (Å²) in [6, 6.07) is 42.4. The number of hydrogen-bond acceptors (Lipinski definition) is 6. The van der Waals surface area contributed by atoms with Crippen LogP contribution in [0.15, 0.2) is 174 Å². The summed E-state index contributed by atoms with van der Waals surface area (Å²) in [4.78, 5) is 26.0. The lowest BCUT2D eigenvalue weighted by Gasteiger charge is -2.13. The number of azo groups is 1. The molecule has 0 spiro atoms. The van der Waals surface area contributed by atoms with Gasteiger partial charge in [0.1, 0.15) is 11.4 Å². The van der Waals surface area contributed by atoms with Crippen molar-refractivity contribution in [2.24, 2.45) is 16.1 Å². The number of benzene rings is 5. The Labute approximate surface area is 300 Å². The second-order valence-corrected chi connectivity index (χ2v) is 12.3. The molecule has 1 unspecified atom stereocenters. The lowest BCUT2D eigenvalue weighted by Crippen LogP contribution is -2.13. The van der Waals surface area contributed by atoms with Crippen molar-refractivity contribution in [2.45, 2.75) is 39.5 Å². The van der Waals surface area contributed by atoms with E-state index in [0.717, 1.165) is 33.4 Å². The number of rotatable bonds is 14. The maximum atomic E-state index is 13.0. The quantitative estimate of drug-likeness (QED) is 0.0508. The fraction of sp³-hybridized carbons (Fsp3) is 0.156. The third kappa shape index (κ3) is 10.4. The van der Waals surface area contributed by atoms with Gasteiger partial charge in [0.2, 0.25) is 0 Å². The van der Waals surface area contributed by atoms with Gasteiger partial charge in [-0.3, -0.25) is 9.59 Å². The predicted octanol–water partition coefficient (Wildman–Crippen LogP) is 12.0. The van der Waals surface area contributed by atoms with Crippen LogP contribution in [0, 0.1) is 5.92 Å². The van der Waals surface area contributed by atoms with Crippen molar-refractivity contribution < 1.29 is 19.1 Å². The molecule has 0 saturated carbocycles. The van der Waals surface area contributed by atoms with Crippen LogP contribution in [0.3, 0.4) is 0 Å². The minimum absolute atomic E-state index is 0.0477. The van der Waals surface area contributed by atoms with Gasteiger partial charge in [-0.15, -0.1) is 10.2 Å². The van der Waals surface area contributed by atoms with Gasteiger partial charge in [-0.25, -0.2) is 0 Å². The summed E-state index contributed by atoms with van der Waals surface area (Å²) in [5.41, 5.74) is 7.05. The Bertz CT molecular complexity index is 2030. The summed E-state index contributed by atoms with van der Waals surface area (Å²) in [5, 5.41) is 8.73. The highest BCUT2D eigenvalue weighted by molar-refractivity contribution is 5.77. The van der Waals surface area contributed by atoms with Crippen molar-refractivity contribution in [1.82, 2.24) is 0 Å². The van der Waals surface area contributed by atoms with Crippen molar-refractivity contribution in [3.05, 3.63) is 175 Å². The molecule has 5 aromatic rings. The first-order valence-electron chi connectivity index (χ1n) is 17.1. The van der Waals surface area contributed by atoms with Crippen molar-refractivity contribution in [3.63, 3.8) is 0 Å². The van der Waals surface area contributed by atoms with Gasteiger partial charge in [-0.05, 0) is 70.9 Å². The Balaban J connectivity index is 1.18. The normalized spacial score (nSPS) is 12.8. The molecule has 0 amide bonds. The number of hydrogen-bond donors (Lipinski definition) is 0. The number of allylic oxidation sites excluding steroid dienone is 5. The first-order valence-corrected chi connectivity index (χ1v) is 17.1. The van der Waals surface area contributed by atoms with E-state index in [4.69, 9.17) is 9.47 Å². The second kappa shape index (κ2) is 18.0. The zero-order valence-electron chi connectivity index (χ0n) is 29.2. The molecule has 5 rings (SSSR count). The van der Waals surface area contributed by atoms with E-state index in [1.54, 1.807) is 48.5 Å². The van der Waals surface area contributed by atoms with Crippen molar-refractivity contribution in [3.8, 4) is 22.6 Å². The summed E-state index contributed by atoms with van der Waals surface area (Å²) >= 11 is 0. The smallest absolute Gasteiger partial charge is 0.311 e. The Morgan fingerprint density at radius 1 is 0.627 bits per heavy atom. The van der Waals surface area contributed by atoms with Crippen LogP contribution < -0.4 is 9.47 Å². The van der Waals surface area contributed by atoms with Gasteiger partial charge in [0.15, 0.2) is 11.5 Å². The monoisotopic (exact) mass is 674 g/mol. The third-order valence-corrected chi connectivity index (χ3v) is 8.50. The molecular weight excluding hydrogens is 633 g/mol. The second-order valence-electron chi connectivity index (χ2n) is 12.3. The van der Waals surface area contributed by atoms with Crippen LogP contribution in [0.1, 0.15) is 50.7 Å². The van der Waals surface area contributed by atoms with Crippen LogP contribution >= 0.6 is 0 Å². The fourth-order valence-corrected chi connectivity index (χ4v) is 5.42. The number of esters is 2. The van der Waals surface area contributed by atoms with Gasteiger partial charge < -0.3 is 9.47 Å². The highest BCUT2D eigenvalue weighted by atomic mass is 16.5. The standard InChI is InChI=1S/C45H42N2O4/c1-5-35(37-16-8-6-9-17-37)25-24-32(2)33(3)30-44(48)50-42-22-14-12-20-40(42)46-47-41-21-13-15-23-43(41)51-45(49)31-34(4)36-26-28-39(29-27-36)38-18-10-7-11-19-38/h5-29,33-34H,2,30-31H2,1,3-4H3/b25-24-,35-5+,47-46?/t33?,34-/m1/s1. The van der Waals surface area contributed by atoms with E-state index >= 15 is 0 Å². The van der Waals surface area contributed by atoms with E-state index in [-0.39, 0.29) is 36.4 Å². The van der Waals surface area contributed by atoms with E-state index in [2.05, 4.69) is 53.2 Å². The molecule has 0 aliphatic heterocycles. The molecule has 0 aliphatic carbocycles. The van der Waals surface area contributed by atoms with Gasteiger partial charge >= 0.3 is 11.9 Å². The van der Waals surface area contributed by atoms with Gasteiger partial charge in [-0.2, -0.15) is 0 Å². The first-order chi connectivity index (χ1) is 24.8. The van der Waals surface area contributed by atoms with Gasteiger partial charge in [-0.1, -0.05) is 153 Å². The highest BCUT2D eigenvalue weighted by Crippen LogP contribution is 2.34. The SMILES string of the molecule is C=C(/C=C\C(=C/C)c1ccccc1)C(C)CC(=O)Oc1ccccc1N=Nc1ccccc1OC(=O)C[C@@H](C)c1ccc(-c2ccccc2)cc1. The first kappa shape index (κ1) is 36.1.